The van der Waals surface area contributed by atoms with Gasteiger partial charge >= 0.3 is 67.6 Å². The van der Waals surface area contributed by atoms with Crippen LogP contribution in [0.15, 0.2) is 291 Å². The van der Waals surface area contributed by atoms with Gasteiger partial charge in [-0.1, -0.05) is 152 Å². The van der Waals surface area contributed by atoms with Crippen molar-refractivity contribution in [3.05, 3.63) is 336 Å². The Hall–Kier alpha value is -12.5. The van der Waals surface area contributed by atoms with E-state index in [-0.39, 0.29) is 157 Å². The van der Waals surface area contributed by atoms with Crippen molar-refractivity contribution in [2.75, 3.05) is 67.0 Å². The average Bonchev–Trinajstić information content (AvgIpc) is 1.67. The first-order valence-electron chi connectivity index (χ1n) is 48.2. The number of nitrogens with one attached hydrogen (secondary N) is 1. The van der Waals surface area contributed by atoms with Crippen molar-refractivity contribution >= 4 is 134 Å². The second kappa shape index (κ2) is 65.4. The number of aromatic nitrogens is 4. The van der Waals surface area contributed by atoms with Gasteiger partial charge in [0.05, 0.1) is 104 Å². The zero-order chi connectivity index (χ0) is 103. The number of nitrogens with zero attached hydrogens (tertiary/aromatic N) is 4. The summed E-state index contributed by atoms with van der Waals surface area (Å²) in [7, 11) is 2.73. The van der Waals surface area contributed by atoms with E-state index >= 15 is 0 Å². The molecule has 16 aromatic rings. The van der Waals surface area contributed by atoms with E-state index in [0.29, 0.717) is 42.9 Å². The summed E-state index contributed by atoms with van der Waals surface area (Å²) in [6.45, 7) is 25.4. The number of phenolic OH excluding ortho intramolecular Hbond substituents is 1. The number of rotatable bonds is 29. The number of fused-ring (bicyclic) bond motifs is 4. The second-order valence-corrected chi connectivity index (χ2v) is 38.8. The molecule has 8 N–H and O–H groups in total. The van der Waals surface area contributed by atoms with Crippen LogP contribution in [-0.2, 0) is 38.0 Å². The fourth-order valence-electron chi connectivity index (χ4n) is 14.7. The molecule has 1 amide bonds. The summed E-state index contributed by atoms with van der Waals surface area (Å²) in [4.78, 5) is 86.8. The van der Waals surface area contributed by atoms with Gasteiger partial charge in [-0.2, -0.15) is 0 Å². The van der Waals surface area contributed by atoms with Crippen molar-refractivity contribution in [2.45, 2.75) is 132 Å². The average molecular weight is 2100 g/mol. The molecule has 0 saturated carbocycles. The van der Waals surface area contributed by atoms with Crippen LogP contribution in [0.25, 0.3) is 83.2 Å². The number of aromatic carboxylic acids is 1. The molecule has 0 spiro atoms. The van der Waals surface area contributed by atoms with Crippen LogP contribution in [0.1, 0.15) is 196 Å². The summed E-state index contributed by atoms with van der Waals surface area (Å²) >= 11 is 6.70. The molecule has 0 bridgehead atoms. The Kier molecular flexibility index (Phi) is 55.0. The van der Waals surface area contributed by atoms with E-state index in [1.54, 1.807) is 132 Å². The molecule has 6 heterocycles. The number of carbonyl (C=O) groups is 6. The van der Waals surface area contributed by atoms with Gasteiger partial charge in [0.1, 0.15) is 61.3 Å². The maximum atomic E-state index is 12.4. The largest absolute Gasteiger partial charge is 1.00 e. The van der Waals surface area contributed by atoms with Gasteiger partial charge in [-0.25, -0.2) is 34.3 Å². The number of ether oxygens (including phenoxy) is 9. The number of aliphatic hydroxyl groups excluding tert-OH is 1. The van der Waals surface area contributed by atoms with Crippen molar-refractivity contribution in [1.82, 2.24) is 25.3 Å². The summed E-state index contributed by atoms with van der Waals surface area (Å²) in [5.41, 5.74) is 19.0. The first-order chi connectivity index (χ1) is 69.7. The van der Waals surface area contributed by atoms with Crippen LogP contribution >= 0.6 is 57.8 Å². The van der Waals surface area contributed by atoms with E-state index in [0.717, 1.165) is 130 Å². The second-order valence-electron chi connectivity index (χ2n) is 34.7. The quantitative estimate of drug-likeness (QED) is 0.0165. The van der Waals surface area contributed by atoms with Crippen molar-refractivity contribution in [2.24, 2.45) is 29.4 Å². The minimum Gasteiger partial charge on any atom is -0.870 e. The molecule has 2 fully saturated rings. The van der Waals surface area contributed by atoms with Crippen LogP contribution in [0.3, 0.4) is 0 Å². The zero-order valence-corrected chi connectivity index (χ0v) is 90.6. The molecule has 0 radical (unpaired) electrons. The first-order valence-corrected chi connectivity index (χ1v) is 51.4. The predicted octanol–water partition coefficient (Wildman–Crippen LogP) is 20.8. The number of carbonyl (C=O) groups excluding carboxylic acids is 5. The molecule has 149 heavy (non-hydrogen) atoms. The SMILES string of the molecule is C1CCOC1.C1CCOC1.CC(C)C(Oc1ccc(-c2nc3ccccc3s2)cc1)c1ccc(C(=O)O)cc1.CCOC(=O)CCN.CCOC(=O)CCNC(=O)c1ccc(C(Oc2ccc(-c3nc4ccccc4s3)cc2)C(C)C)cc1.COC(=O)c1ccc(C(O)C(C)C)cc1.COC(=O)c1ccc(C(Oc2ccc(-c3nc4ccccc4s3)cc2)C(C)C)cc1.Cl.Oc1ccc(-c2nc3ccccc3s2)cc1.[Li+].[Li+].[OH-].[OH-]. The molecule has 2 aliphatic rings. The third kappa shape index (κ3) is 39.1. The fraction of sp³-hybridized carbons (Fsp3) is 0.293. The van der Waals surface area contributed by atoms with Gasteiger partial charge < -0.3 is 80.0 Å². The van der Waals surface area contributed by atoms with Crippen LogP contribution in [0, 0.1) is 23.7 Å². The third-order valence-electron chi connectivity index (χ3n) is 22.4. The smallest absolute Gasteiger partial charge is 0.870 e. The molecule has 4 aromatic heterocycles. The third-order valence-corrected chi connectivity index (χ3v) is 26.7. The Balaban J connectivity index is 0.000000276. The number of carboxylic acid groups (broad SMARTS) is 1. The number of para-hydroxylation sites is 4. The topological polar surface area (TPSA) is 396 Å². The van der Waals surface area contributed by atoms with Crippen molar-refractivity contribution in [3.63, 3.8) is 0 Å². The predicted molar refractivity (Wildman–Crippen MR) is 587 cm³/mol. The number of thiazole rings is 4. The molecule has 18 rings (SSSR count). The monoisotopic (exact) mass is 2100 g/mol. The molecule has 26 nitrogen and oxygen atoms in total. The number of carboxylic acids is 1. The van der Waals surface area contributed by atoms with Gasteiger partial charge in [0, 0.05) is 67.3 Å². The van der Waals surface area contributed by atoms with Crippen molar-refractivity contribution in [3.8, 4) is 65.3 Å². The van der Waals surface area contributed by atoms with Crippen molar-refractivity contribution in [1.29, 1.82) is 0 Å². The number of aromatic hydroxyl groups is 1. The number of methoxy groups -OCH3 is 2. The number of halogens is 1. The van der Waals surface area contributed by atoms with E-state index in [9.17, 15) is 39.0 Å². The fourth-order valence-corrected chi connectivity index (χ4v) is 18.6. The molecule has 0 aliphatic carbocycles. The standard InChI is InChI=1S/C29H30N2O4S.C25H23NO3S.C24H21NO3S.C13H9NOS.C12H16O3.C5H11NO2.2C4H8O.ClH.2Li.2H2O/c1-4-34-26(32)17-18-30-28(33)21-11-9-20(10-12-21)27(19(2)3)35-23-15-13-22(14-16-23)29-31-24-7-5-6-8-25(24)36-29;1-16(2)23(17-8-10-19(11-9-17)25(27)28-3)29-20-14-12-18(13-15-20)24-26-21-6-4-5-7-22(21)30-24;1-15(2)22(16-7-9-18(10-8-16)24(26)27)28-19-13-11-17(12-14-19)23-25-20-5-3-4-6-21(20)29-23;15-10-7-5-9(6-8-10)13-14-11-3-1-2-4-12(11)16-13;1-8(2)11(13)9-4-6-10(7-5-9)12(14)15-3;1-2-8-5(7)3-4-6;2*1-2-4-5-3-1;;;;;/h5-16,19,27H,4,17-18H2,1-3H3,(H,30,33);4-16,23H,1-3H3;3-15,22H,1-2H3,(H,26,27);1-8,15H;4-8,11,13H,1-3H3;2-4,6H2,1H3;2*1-4H2;1H;;;2*1H2/q;;;;;;;;;2*+1;;/p-2. The number of amides is 1. The molecular formula is C116H129ClLi2N6O20S4. The molecule has 2 saturated heterocycles. The Bertz CT molecular complexity index is 6530. The normalized spacial score (nSPS) is 12.2. The number of hydrogen-bond donors (Lipinski definition) is 5. The molecule has 776 valence electrons. The number of phenols is 1. The van der Waals surface area contributed by atoms with Crippen LogP contribution in [0.4, 0.5) is 0 Å². The summed E-state index contributed by atoms with van der Waals surface area (Å²) in [6.07, 6.45) is 4.65. The van der Waals surface area contributed by atoms with Crippen LogP contribution in [0.2, 0.25) is 0 Å². The minimum absolute atomic E-state index is 0. The first kappa shape index (κ1) is 125. The van der Waals surface area contributed by atoms with E-state index in [1.807, 2.05) is 208 Å². The van der Waals surface area contributed by atoms with E-state index in [1.165, 1.54) is 58.7 Å². The Morgan fingerprint density at radius 3 is 0.906 bits per heavy atom. The maximum Gasteiger partial charge on any atom is 1.00 e. The van der Waals surface area contributed by atoms with Crippen LogP contribution in [-0.4, -0.2) is 149 Å². The number of hydrogen-bond acceptors (Lipinski definition) is 28. The maximum absolute atomic E-state index is 12.4. The van der Waals surface area contributed by atoms with E-state index in [2.05, 4.69) is 85.6 Å². The van der Waals surface area contributed by atoms with Gasteiger partial charge in [-0.05, 0) is 280 Å². The van der Waals surface area contributed by atoms with Crippen LogP contribution < -0.4 is 63.0 Å². The van der Waals surface area contributed by atoms with Gasteiger partial charge in [0.15, 0.2) is 0 Å². The molecular weight excluding hydrogens is 1970 g/mol. The Morgan fingerprint density at radius 1 is 0.376 bits per heavy atom. The van der Waals surface area contributed by atoms with Gasteiger partial charge in [-0.15, -0.1) is 57.8 Å². The Labute approximate surface area is 917 Å². The summed E-state index contributed by atoms with van der Waals surface area (Å²) in [5.74, 6) is 1.13. The summed E-state index contributed by atoms with van der Waals surface area (Å²) in [5, 5.41) is 34.8. The van der Waals surface area contributed by atoms with Gasteiger partial charge in [-0.3, -0.25) is 14.4 Å². The van der Waals surface area contributed by atoms with Crippen LogP contribution in [0.5, 0.6) is 23.0 Å². The molecule has 4 atom stereocenters. The van der Waals surface area contributed by atoms with Crippen molar-refractivity contribution < 1.29 is 135 Å². The Morgan fingerprint density at radius 2 is 0.651 bits per heavy atom. The van der Waals surface area contributed by atoms with E-state index < -0.39 is 12.1 Å². The number of esters is 4. The summed E-state index contributed by atoms with van der Waals surface area (Å²) in [6, 6.07) is 92.2. The van der Waals surface area contributed by atoms with Gasteiger partial charge in [0.25, 0.3) is 5.91 Å². The number of benzene rings is 12. The zero-order valence-electron chi connectivity index (χ0n) is 86.5. The summed E-state index contributed by atoms with van der Waals surface area (Å²) < 4.78 is 52.3. The molecule has 2 aliphatic heterocycles. The minimum atomic E-state index is -0.927. The number of nitrogens with two attached hydrogens (primary N) is 1. The number of aliphatic hydroxyl groups is 1. The molecule has 12 aromatic carbocycles. The molecule has 4 unspecified atom stereocenters. The van der Waals surface area contributed by atoms with E-state index in [4.69, 9.17) is 59.0 Å². The van der Waals surface area contributed by atoms with Gasteiger partial charge in [0.2, 0.25) is 0 Å². The molecule has 33 heteroatoms.